The number of hydrogen-bond donors (Lipinski definition) is 3. The molecule has 1 aromatic carbocycles. The zero-order valence-corrected chi connectivity index (χ0v) is 16.4. The average molecular weight is 374 g/mol. The average Bonchev–Trinajstić information content (AvgIpc) is 3.18. The smallest absolute Gasteiger partial charge is 0.257 e. The van der Waals surface area contributed by atoms with Gasteiger partial charge in [0.2, 0.25) is 0 Å². The van der Waals surface area contributed by atoms with E-state index in [1.165, 1.54) is 0 Å². The fraction of sp³-hybridized carbons (Fsp3) is 0.500. The highest BCUT2D eigenvalue weighted by molar-refractivity contribution is 5.80. The Bertz CT molecular complexity index is 665. The molecule has 1 aliphatic carbocycles. The number of amides is 1. The van der Waals surface area contributed by atoms with Crippen LogP contribution in [-0.2, 0) is 11.3 Å². The van der Waals surface area contributed by atoms with E-state index < -0.39 is 0 Å². The highest BCUT2D eigenvalue weighted by Gasteiger charge is 2.12. The van der Waals surface area contributed by atoms with Crippen LogP contribution in [0.4, 0.5) is 0 Å². The van der Waals surface area contributed by atoms with Gasteiger partial charge in [-0.3, -0.25) is 4.79 Å². The fourth-order valence-electron chi connectivity index (χ4n) is 2.74. The first-order valence-corrected chi connectivity index (χ1v) is 9.42. The molecule has 27 heavy (non-hydrogen) atoms. The third-order valence-electron chi connectivity index (χ3n) is 4.07. The van der Waals surface area contributed by atoms with Gasteiger partial charge < -0.3 is 25.4 Å². The van der Waals surface area contributed by atoms with E-state index in [0.29, 0.717) is 30.6 Å². The predicted molar refractivity (Wildman–Crippen MR) is 107 cm³/mol. The Labute approximate surface area is 161 Å². The number of benzene rings is 1. The first-order valence-electron chi connectivity index (χ1n) is 9.42. The van der Waals surface area contributed by atoms with Gasteiger partial charge in [-0.2, -0.15) is 0 Å². The SMILES string of the molecule is CCNC(=O)COc1ccc(CN=C(NCC)NC2CC=CC2)cc1OC. The Balaban J connectivity index is 1.98. The number of hydrogen-bond acceptors (Lipinski definition) is 4. The fourth-order valence-corrected chi connectivity index (χ4v) is 2.74. The Morgan fingerprint density at radius 3 is 2.56 bits per heavy atom. The molecule has 0 aromatic heterocycles. The normalized spacial score (nSPS) is 14.1. The maximum Gasteiger partial charge on any atom is 0.257 e. The van der Waals surface area contributed by atoms with Crippen LogP contribution in [0.2, 0.25) is 0 Å². The lowest BCUT2D eigenvalue weighted by atomic mass is 10.2. The number of aliphatic imine (C=N–C) groups is 1. The molecule has 2 rings (SSSR count). The Morgan fingerprint density at radius 1 is 1.15 bits per heavy atom. The minimum absolute atomic E-state index is 0.0361. The van der Waals surface area contributed by atoms with Gasteiger partial charge >= 0.3 is 0 Å². The number of methoxy groups -OCH3 is 1. The molecule has 1 aliphatic rings. The van der Waals surface area contributed by atoms with Gasteiger partial charge in [0.15, 0.2) is 24.1 Å². The van der Waals surface area contributed by atoms with Crippen molar-refractivity contribution in [2.24, 2.45) is 4.99 Å². The summed E-state index contributed by atoms with van der Waals surface area (Å²) in [5.41, 5.74) is 0.999. The first-order chi connectivity index (χ1) is 13.2. The zero-order chi connectivity index (χ0) is 19.5. The lowest BCUT2D eigenvalue weighted by molar-refractivity contribution is -0.123. The molecule has 0 aliphatic heterocycles. The Morgan fingerprint density at radius 2 is 1.89 bits per heavy atom. The molecule has 1 amide bonds. The largest absolute Gasteiger partial charge is 0.493 e. The number of rotatable bonds is 9. The van der Waals surface area contributed by atoms with Crippen LogP contribution in [0, 0.1) is 0 Å². The number of ether oxygens (including phenoxy) is 2. The topological polar surface area (TPSA) is 84.0 Å². The molecule has 0 radical (unpaired) electrons. The number of nitrogens with zero attached hydrogens (tertiary/aromatic N) is 1. The molecule has 0 bridgehead atoms. The predicted octanol–water partition coefficient (Wildman–Crippen LogP) is 1.98. The molecule has 0 saturated carbocycles. The quantitative estimate of drug-likeness (QED) is 0.350. The summed E-state index contributed by atoms with van der Waals surface area (Å²) >= 11 is 0. The second-order valence-corrected chi connectivity index (χ2v) is 6.21. The van der Waals surface area contributed by atoms with E-state index in [1.54, 1.807) is 7.11 Å². The molecule has 0 heterocycles. The summed E-state index contributed by atoms with van der Waals surface area (Å²) in [7, 11) is 1.58. The van der Waals surface area contributed by atoms with E-state index in [4.69, 9.17) is 9.47 Å². The summed E-state index contributed by atoms with van der Waals surface area (Å²) in [6.45, 7) is 5.78. The number of carbonyl (C=O) groups is 1. The molecule has 7 nitrogen and oxygen atoms in total. The highest BCUT2D eigenvalue weighted by Crippen LogP contribution is 2.28. The van der Waals surface area contributed by atoms with Crippen molar-refractivity contribution in [3.05, 3.63) is 35.9 Å². The van der Waals surface area contributed by atoms with Crippen LogP contribution >= 0.6 is 0 Å². The maximum absolute atomic E-state index is 11.6. The van der Waals surface area contributed by atoms with E-state index in [2.05, 4.69) is 33.1 Å². The van der Waals surface area contributed by atoms with Gasteiger partial charge in [-0.1, -0.05) is 18.2 Å². The van der Waals surface area contributed by atoms with Crippen LogP contribution in [0.15, 0.2) is 35.3 Å². The van der Waals surface area contributed by atoms with Crippen molar-refractivity contribution >= 4 is 11.9 Å². The Hall–Kier alpha value is -2.70. The van der Waals surface area contributed by atoms with Gasteiger partial charge in [-0.05, 0) is 44.4 Å². The molecule has 7 heteroatoms. The second kappa shape index (κ2) is 11.1. The van der Waals surface area contributed by atoms with Crippen molar-refractivity contribution in [1.82, 2.24) is 16.0 Å². The number of nitrogens with one attached hydrogen (secondary N) is 3. The number of carbonyl (C=O) groups excluding carboxylic acids is 1. The summed E-state index contributed by atoms with van der Waals surface area (Å²) in [5, 5.41) is 9.42. The van der Waals surface area contributed by atoms with Gasteiger partial charge in [0.25, 0.3) is 5.91 Å². The molecule has 0 atom stereocenters. The van der Waals surface area contributed by atoms with Crippen LogP contribution in [0.1, 0.15) is 32.3 Å². The van der Waals surface area contributed by atoms with Crippen LogP contribution in [-0.4, -0.2) is 44.7 Å². The van der Waals surface area contributed by atoms with Crippen LogP contribution in [0.5, 0.6) is 11.5 Å². The highest BCUT2D eigenvalue weighted by atomic mass is 16.5. The minimum atomic E-state index is -0.156. The summed E-state index contributed by atoms with van der Waals surface area (Å²) in [4.78, 5) is 16.2. The van der Waals surface area contributed by atoms with Gasteiger partial charge in [0.05, 0.1) is 13.7 Å². The molecule has 3 N–H and O–H groups in total. The number of guanidine groups is 1. The third kappa shape index (κ3) is 6.84. The molecule has 0 saturated heterocycles. The number of likely N-dealkylation sites (N-methyl/N-ethyl adjacent to an activating group) is 1. The van der Waals surface area contributed by atoms with E-state index in [0.717, 1.165) is 30.9 Å². The van der Waals surface area contributed by atoms with Crippen LogP contribution in [0.25, 0.3) is 0 Å². The minimum Gasteiger partial charge on any atom is -0.493 e. The van der Waals surface area contributed by atoms with E-state index in [-0.39, 0.29) is 12.5 Å². The van der Waals surface area contributed by atoms with E-state index in [9.17, 15) is 4.79 Å². The molecule has 1 aromatic rings. The molecule has 0 spiro atoms. The van der Waals surface area contributed by atoms with Gasteiger partial charge in [-0.15, -0.1) is 0 Å². The monoisotopic (exact) mass is 374 g/mol. The lowest BCUT2D eigenvalue weighted by Gasteiger charge is -2.17. The van der Waals surface area contributed by atoms with Crippen molar-refractivity contribution in [1.29, 1.82) is 0 Å². The summed E-state index contributed by atoms with van der Waals surface area (Å²) in [6.07, 6.45) is 6.42. The van der Waals surface area contributed by atoms with Crippen LogP contribution < -0.4 is 25.4 Å². The first kappa shape index (κ1) is 20.6. The van der Waals surface area contributed by atoms with E-state index >= 15 is 0 Å². The van der Waals surface area contributed by atoms with Crippen molar-refractivity contribution in [3.8, 4) is 11.5 Å². The molecule has 0 fully saturated rings. The van der Waals surface area contributed by atoms with E-state index in [1.807, 2.05) is 32.0 Å². The van der Waals surface area contributed by atoms with Crippen LogP contribution in [0.3, 0.4) is 0 Å². The van der Waals surface area contributed by atoms with Crippen molar-refractivity contribution < 1.29 is 14.3 Å². The summed E-state index contributed by atoms with van der Waals surface area (Å²) < 4.78 is 10.9. The standard InChI is InChI=1S/C20H30N4O3/c1-4-21-19(25)14-27-17-11-10-15(12-18(17)26-3)13-23-20(22-5-2)24-16-8-6-7-9-16/h6-7,10-12,16H,4-5,8-9,13-14H2,1-3H3,(H,21,25)(H2,22,23,24). The van der Waals surface area contributed by atoms with Gasteiger partial charge in [0.1, 0.15) is 0 Å². The lowest BCUT2D eigenvalue weighted by Crippen LogP contribution is -2.42. The Kier molecular flexibility index (Phi) is 8.48. The van der Waals surface area contributed by atoms with Crippen molar-refractivity contribution in [2.45, 2.75) is 39.3 Å². The zero-order valence-electron chi connectivity index (χ0n) is 16.4. The summed E-state index contributed by atoms with van der Waals surface area (Å²) in [5.74, 6) is 1.78. The molecular weight excluding hydrogens is 344 g/mol. The van der Waals surface area contributed by atoms with Gasteiger partial charge in [-0.25, -0.2) is 4.99 Å². The third-order valence-corrected chi connectivity index (χ3v) is 4.07. The second-order valence-electron chi connectivity index (χ2n) is 6.21. The molecule has 0 unspecified atom stereocenters. The van der Waals surface area contributed by atoms with Crippen molar-refractivity contribution in [3.63, 3.8) is 0 Å². The van der Waals surface area contributed by atoms with Crippen molar-refractivity contribution in [2.75, 3.05) is 26.8 Å². The maximum atomic E-state index is 11.6. The molecule has 148 valence electrons. The molecular formula is C20H30N4O3. The summed E-state index contributed by atoms with van der Waals surface area (Å²) in [6, 6.07) is 6.03. The van der Waals surface area contributed by atoms with Gasteiger partial charge in [0, 0.05) is 19.1 Å².